The minimum atomic E-state index is -3.11. The zero-order valence-corrected chi connectivity index (χ0v) is 28.3. The summed E-state index contributed by atoms with van der Waals surface area (Å²) in [4.78, 5) is 6.62. The number of H-pyrrole nitrogens is 1. The molecule has 0 radical (unpaired) electrons. The number of aromatic amines is 1. The Morgan fingerprint density at radius 1 is 0.907 bits per heavy atom. The molecule has 0 saturated carbocycles. The first-order valence-corrected chi connectivity index (χ1v) is 18.3. The molecule has 5 aromatic rings. The summed E-state index contributed by atoms with van der Waals surface area (Å²) in [6.07, 6.45) is 0.702. The predicted molar refractivity (Wildman–Crippen MR) is 181 cm³/mol. The van der Waals surface area contributed by atoms with Crippen LogP contribution in [0.3, 0.4) is 0 Å². The molecule has 224 valence electrons. The third-order valence-electron chi connectivity index (χ3n) is 8.71. The second-order valence-electron chi connectivity index (χ2n) is 12.6. The zero-order chi connectivity index (χ0) is 30.4. The van der Waals surface area contributed by atoms with Crippen LogP contribution in [0.15, 0.2) is 101 Å². The van der Waals surface area contributed by atoms with Gasteiger partial charge in [0.1, 0.15) is 0 Å². The van der Waals surface area contributed by atoms with Gasteiger partial charge in [-0.25, -0.2) is 8.78 Å². The van der Waals surface area contributed by atoms with E-state index in [9.17, 15) is 0 Å². The molecule has 0 bridgehead atoms. The summed E-state index contributed by atoms with van der Waals surface area (Å²) < 4.78 is 40.6. The van der Waals surface area contributed by atoms with Gasteiger partial charge < -0.3 is 9.41 Å². The molecular weight excluding hydrogens is 642 g/mol. The third-order valence-corrected chi connectivity index (χ3v) is 15.4. The van der Waals surface area contributed by atoms with Crippen LogP contribution >= 0.6 is 27.3 Å². The molecule has 2 aromatic heterocycles. The first-order valence-electron chi connectivity index (χ1n) is 14.7. The first kappa shape index (κ1) is 30.4. The van der Waals surface area contributed by atoms with Gasteiger partial charge in [-0.1, -0.05) is 99.6 Å². The predicted octanol–water partition coefficient (Wildman–Crippen LogP) is 8.54. The van der Waals surface area contributed by atoms with Crippen LogP contribution in [0, 0.1) is 0 Å². The average Bonchev–Trinajstić information content (AvgIpc) is 3.57. The Hall–Kier alpha value is -2.62. The second-order valence-corrected chi connectivity index (χ2v) is 19.4. The van der Waals surface area contributed by atoms with Gasteiger partial charge in [0.15, 0.2) is 0 Å². The average molecular weight is 680 g/mol. The van der Waals surface area contributed by atoms with Crippen molar-refractivity contribution in [3.63, 3.8) is 0 Å². The molecule has 43 heavy (non-hydrogen) atoms. The van der Waals surface area contributed by atoms with E-state index in [1.807, 2.05) is 83.8 Å². The van der Waals surface area contributed by atoms with Gasteiger partial charge in [-0.2, -0.15) is 0 Å². The molecule has 0 unspecified atom stereocenters. The number of alkyl halides is 2. The second kappa shape index (κ2) is 11.7. The number of nitrogens with zero attached hydrogens (tertiary/aromatic N) is 1. The monoisotopic (exact) mass is 678 g/mol. The minimum absolute atomic E-state index is 0.0867. The first-order chi connectivity index (χ1) is 20.5. The number of nitrogens with one attached hydrogen (secondary N) is 1. The molecule has 0 amide bonds. The Labute approximate surface area is 266 Å². The molecular formula is C35H37BrF2N2OSSi. The van der Waals surface area contributed by atoms with Crippen molar-refractivity contribution < 1.29 is 13.2 Å². The van der Waals surface area contributed by atoms with Crippen molar-refractivity contribution in [3.8, 4) is 0 Å². The maximum Gasteiger partial charge on any atom is 0.282 e. The van der Waals surface area contributed by atoms with E-state index in [0.29, 0.717) is 6.42 Å². The van der Waals surface area contributed by atoms with E-state index >= 15 is 8.78 Å². The van der Waals surface area contributed by atoms with Crippen molar-refractivity contribution in [1.82, 2.24) is 9.88 Å². The van der Waals surface area contributed by atoms with E-state index in [2.05, 4.69) is 66.8 Å². The van der Waals surface area contributed by atoms with E-state index in [4.69, 9.17) is 4.43 Å². The lowest BCUT2D eigenvalue weighted by molar-refractivity contribution is -0.0818. The number of hydrogen-bond donors (Lipinski definition) is 1. The Kier molecular flexibility index (Phi) is 8.28. The summed E-state index contributed by atoms with van der Waals surface area (Å²) in [5.41, 5.74) is 3.28. The van der Waals surface area contributed by atoms with Crippen molar-refractivity contribution in [2.24, 2.45) is 0 Å². The van der Waals surface area contributed by atoms with Crippen LogP contribution in [0.25, 0.3) is 10.9 Å². The lowest BCUT2D eigenvalue weighted by atomic mass is 9.91. The largest absolute Gasteiger partial charge is 0.401 e. The maximum absolute atomic E-state index is 16.4. The Balaban J connectivity index is 1.36. The van der Waals surface area contributed by atoms with Crippen molar-refractivity contribution in [3.05, 3.63) is 117 Å². The van der Waals surface area contributed by atoms with Crippen LogP contribution in [0.5, 0.6) is 0 Å². The van der Waals surface area contributed by atoms with E-state index < -0.39 is 27.4 Å². The van der Waals surface area contributed by atoms with Crippen molar-refractivity contribution in [1.29, 1.82) is 0 Å². The number of aromatic nitrogens is 1. The fourth-order valence-corrected chi connectivity index (χ4v) is 13.0. The molecule has 3 aromatic carbocycles. The molecule has 0 fully saturated rings. The number of halogens is 3. The lowest BCUT2D eigenvalue weighted by Gasteiger charge is -2.45. The number of thiophene rings is 1. The molecule has 8 heteroatoms. The Bertz CT molecular complexity index is 1660. The quantitative estimate of drug-likeness (QED) is 0.167. The van der Waals surface area contributed by atoms with Crippen LogP contribution in [-0.4, -0.2) is 43.3 Å². The summed E-state index contributed by atoms with van der Waals surface area (Å²) >= 11 is 5.21. The number of benzene rings is 3. The van der Waals surface area contributed by atoms with Crippen molar-refractivity contribution in [2.45, 2.75) is 57.2 Å². The summed E-state index contributed by atoms with van der Waals surface area (Å²) in [7, 11) is -3.11. The van der Waals surface area contributed by atoms with Crippen LogP contribution in [0.2, 0.25) is 5.04 Å². The highest BCUT2D eigenvalue weighted by atomic mass is 79.9. The molecule has 0 aliphatic carbocycles. The van der Waals surface area contributed by atoms with Gasteiger partial charge in [-0.3, -0.25) is 4.90 Å². The van der Waals surface area contributed by atoms with Gasteiger partial charge in [0.05, 0.1) is 23.0 Å². The molecule has 1 aliphatic heterocycles. The van der Waals surface area contributed by atoms with E-state index in [1.165, 1.54) is 10.9 Å². The summed E-state index contributed by atoms with van der Waals surface area (Å²) in [5, 5.41) is 2.79. The van der Waals surface area contributed by atoms with E-state index in [1.54, 1.807) is 11.3 Å². The molecule has 1 aliphatic rings. The zero-order valence-electron chi connectivity index (χ0n) is 24.9. The van der Waals surface area contributed by atoms with Crippen LogP contribution in [0.4, 0.5) is 8.78 Å². The highest BCUT2D eigenvalue weighted by Gasteiger charge is 2.52. The molecule has 1 N–H and O–H groups in total. The van der Waals surface area contributed by atoms with Crippen molar-refractivity contribution >= 4 is 56.9 Å². The normalized spacial score (nSPS) is 18.2. The van der Waals surface area contributed by atoms with Crippen molar-refractivity contribution in [2.75, 3.05) is 13.2 Å². The lowest BCUT2D eigenvalue weighted by Crippen LogP contribution is -2.67. The van der Waals surface area contributed by atoms with Gasteiger partial charge >= 0.3 is 0 Å². The summed E-state index contributed by atoms with van der Waals surface area (Å²) in [5.74, 6) is -3.09. The van der Waals surface area contributed by atoms with E-state index in [-0.39, 0.29) is 17.1 Å². The molecule has 2 atom stereocenters. The van der Waals surface area contributed by atoms with Gasteiger partial charge in [0.25, 0.3) is 14.2 Å². The Morgan fingerprint density at radius 3 is 2.09 bits per heavy atom. The Morgan fingerprint density at radius 2 is 1.51 bits per heavy atom. The molecule has 3 nitrogen and oxygen atoms in total. The van der Waals surface area contributed by atoms with E-state index in [0.717, 1.165) is 30.2 Å². The number of rotatable bonds is 8. The smallest absolute Gasteiger partial charge is 0.282 e. The maximum atomic E-state index is 16.4. The van der Waals surface area contributed by atoms with Gasteiger partial charge in [-0.05, 0) is 68.4 Å². The number of para-hydroxylation sites is 1. The van der Waals surface area contributed by atoms with Crippen LogP contribution in [0.1, 0.15) is 49.9 Å². The number of fused-ring (bicyclic) bond motifs is 3. The van der Waals surface area contributed by atoms with Crippen LogP contribution in [-0.2, 0) is 10.8 Å². The van der Waals surface area contributed by atoms with Gasteiger partial charge in [0.2, 0.25) is 0 Å². The fourth-order valence-electron chi connectivity index (χ4n) is 6.82. The van der Waals surface area contributed by atoms with Gasteiger partial charge in [0, 0.05) is 27.5 Å². The summed E-state index contributed by atoms with van der Waals surface area (Å²) in [6.45, 7) is 7.37. The highest BCUT2D eigenvalue weighted by Crippen LogP contribution is 2.45. The summed E-state index contributed by atoms with van der Waals surface area (Å²) in [6, 6.07) is 31.9. The number of hydrogen-bond acceptors (Lipinski definition) is 3. The topological polar surface area (TPSA) is 28.3 Å². The van der Waals surface area contributed by atoms with Gasteiger partial charge in [-0.15, -0.1) is 11.3 Å². The fraction of sp³-hybridized carbons (Fsp3) is 0.314. The van der Waals surface area contributed by atoms with Crippen LogP contribution < -0.4 is 10.4 Å². The molecule has 6 rings (SSSR count). The standard InChI is InChI=1S/C35H37BrF2N2OSSi/c1-24-21-28-27-17-11-12-18-29(27)39-32(28)33(30-19-20-31(36)42-30)40(24)22-35(37,38)23-41-43(34(2,3)4,25-13-7-5-8-14-25)26-15-9-6-10-16-26/h5-20,24,33,39H,21-23H2,1-4H3/t24-,33-/m1/s1. The minimum Gasteiger partial charge on any atom is -0.401 e. The third kappa shape index (κ3) is 5.68. The SMILES string of the molecule is C[C@@H]1Cc2c([nH]c3ccccc23)[C@@H](c2ccc(Br)s2)N1CC(F)(F)CO[Si](c1ccccc1)(c1ccccc1)C(C)(C)C. The highest BCUT2D eigenvalue weighted by molar-refractivity contribution is 9.11. The molecule has 0 saturated heterocycles. The molecule has 0 spiro atoms. The molecule has 3 heterocycles.